The fourth-order valence-electron chi connectivity index (χ4n) is 1.94. The van der Waals surface area contributed by atoms with Gasteiger partial charge in [0, 0.05) is 29.6 Å². The Morgan fingerprint density at radius 1 is 1.21 bits per heavy atom. The van der Waals surface area contributed by atoms with Crippen molar-refractivity contribution in [2.75, 3.05) is 6.54 Å². The summed E-state index contributed by atoms with van der Waals surface area (Å²) in [5, 5.41) is 3.27. The predicted molar refractivity (Wildman–Crippen MR) is 76.4 cm³/mol. The molecule has 0 saturated heterocycles. The largest absolute Gasteiger partial charge is 0.313 e. The topological polar surface area (TPSA) is 24.9 Å². The Labute approximate surface area is 113 Å². The minimum absolute atomic E-state index is 0.193. The predicted octanol–water partition coefficient (Wildman–Crippen LogP) is 3.70. The van der Waals surface area contributed by atoms with Crippen molar-refractivity contribution < 1.29 is 4.39 Å². The van der Waals surface area contributed by atoms with Crippen LogP contribution < -0.4 is 5.32 Å². The first kappa shape index (κ1) is 13.7. The third-order valence-corrected chi connectivity index (χ3v) is 3.01. The molecule has 1 aromatic heterocycles. The van der Waals surface area contributed by atoms with E-state index in [9.17, 15) is 4.39 Å². The number of hydrogen-bond acceptors (Lipinski definition) is 2. The minimum atomic E-state index is -0.193. The number of halogens is 1. The van der Waals surface area contributed by atoms with Crippen LogP contribution in [0.4, 0.5) is 4.39 Å². The van der Waals surface area contributed by atoms with Gasteiger partial charge < -0.3 is 5.32 Å². The number of nitrogens with zero attached hydrogens (tertiary/aromatic N) is 1. The van der Waals surface area contributed by atoms with Crippen LogP contribution in [0.3, 0.4) is 0 Å². The fraction of sp³-hybridized carbons (Fsp3) is 0.312. The number of nitrogens with one attached hydrogen (secondary N) is 1. The first-order chi connectivity index (χ1) is 9.20. The number of aromatic nitrogens is 1. The summed E-state index contributed by atoms with van der Waals surface area (Å²) >= 11 is 0. The maximum atomic E-state index is 14.1. The van der Waals surface area contributed by atoms with Crippen molar-refractivity contribution in [3.8, 4) is 11.1 Å². The van der Waals surface area contributed by atoms with Gasteiger partial charge in [0.2, 0.25) is 0 Å². The van der Waals surface area contributed by atoms with Gasteiger partial charge in [-0.3, -0.25) is 4.98 Å². The normalized spacial score (nSPS) is 10.7. The lowest BCUT2D eigenvalue weighted by molar-refractivity contribution is 0.622. The summed E-state index contributed by atoms with van der Waals surface area (Å²) in [6.45, 7) is 5.69. The first-order valence-electron chi connectivity index (χ1n) is 6.63. The van der Waals surface area contributed by atoms with E-state index < -0.39 is 0 Å². The van der Waals surface area contributed by atoms with Crippen LogP contribution in [0.2, 0.25) is 0 Å². The van der Waals surface area contributed by atoms with E-state index in [4.69, 9.17) is 0 Å². The Hall–Kier alpha value is -1.74. The van der Waals surface area contributed by atoms with E-state index in [1.807, 2.05) is 31.2 Å². The van der Waals surface area contributed by atoms with Crippen LogP contribution in [0.15, 0.2) is 36.5 Å². The number of benzene rings is 1. The molecule has 0 saturated carbocycles. The van der Waals surface area contributed by atoms with Crippen molar-refractivity contribution in [3.05, 3.63) is 53.6 Å². The van der Waals surface area contributed by atoms with Crippen LogP contribution in [0.25, 0.3) is 11.1 Å². The standard InChI is InChI=1S/C16H19FN2/c1-3-8-18-10-13-5-7-15(16(17)9-13)14-6-4-12(2)19-11-14/h4-7,9,11,18H,3,8,10H2,1-2H3. The Morgan fingerprint density at radius 3 is 2.68 bits per heavy atom. The lowest BCUT2D eigenvalue weighted by Gasteiger charge is -2.07. The van der Waals surface area contributed by atoms with Crippen molar-refractivity contribution in [1.82, 2.24) is 10.3 Å². The molecular weight excluding hydrogens is 239 g/mol. The van der Waals surface area contributed by atoms with E-state index in [1.54, 1.807) is 12.3 Å². The number of pyridine rings is 1. The molecule has 3 heteroatoms. The van der Waals surface area contributed by atoms with Gasteiger partial charge in [-0.15, -0.1) is 0 Å². The van der Waals surface area contributed by atoms with E-state index in [1.165, 1.54) is 0 Å². The zero-order valence-electron chi connectivity index (χ0n) is 11.4. The fourth-order valence-corrected chi connectivity index (χ4v) is 1.94. The molecular formula is C16H19FN2. The van der Waals surface area contributed by atoms with Crippen molar-refractivity contribution in [3.63, 3.8) is 0 Å². The van der Waals surface area contributed by atoms with Gasteiger partial charge in [-0.25, -0.2) is 4.39 Å². The van der Waals surface area contributed by atoms with E-state index in [2.05, 4.69) is 17.2 Å². The number of hydrogen-bond donors (Lipinski definition) is 1. The molecule has 0 aliphatic carbocycles. The lowest BCUT2D eigenvalue weighted by Crippen LogP contribution is -2.13. The van der Waals surface area contributed by atoms with Gasteiger partial charge in [-0.05, 0) is 37.6 Å². The molecule has 0 fully saturated rings. The zero-order chi connectivity index (χ0) is 13.7. The first-order valence-corrected chi connectivity index (χ1v) is 6.63. The van der Waals surface area contributed by atoms with E-state index >= 15 is 0 Å². The monoisotopic (exact) mass is 258 g/mol. The summed E-state index contributed by atoms with van der Waals surface area (Å²) in [7, 11) is 0. The highest BCUT2D eigenvalue weighted by Gasteiger charge is 2.06. The molecule has 1 heterocycles. The third kappa shape index (κ3) is 3.61. The molecule has 2 aromatic rings. The highest BCUT2D eigenvalue weighted by Crippen LogP contribution is 2.23. The summed E-state index contributed by atoms with van der Waals surface area (Å²) < 4.78 is 14.1. The molecule has 100 valence electrons. The van der Waals surface area contributed by atoms with Gasteiger partial charge in [0.05, 0.1) is 0 Å². The second kappa shape index (κ2) is 6.43. The molecule has 2 rings (SSSR count). The number of rotatable bonds is 5. The van der Waals surface area contributed by atoms with Crippen LogP contribution in [0.1, 0.15) is 24.6 Å². The Bertz CT molecular complexity index is 535. The molecule has 0 aliphatic heterocycles. The molecule has 0 atom stereocenters. The molecule has 0 radical (unpaired) electrons. The molecule has 1 N–H and O–H groups in total. The Morgan fingerprint density at radius 2 is 2.05 bits per heavy atom. The molecule has 0 aliphatic rings. The average Bonchev–Trinajstić information content (AvgIpc) is 2.41. The Balaban J connectivity index is 2.17. The van der Waals surface area contributed by atoms with Gasteiger partial charge >= 0.3 is 0 Å². The molecule has 19 heavy (non-hydrogen) atoms. The van der Waals surface area contributed by atoms with E-state index in [-0.39, 0.29) is 5.82 Å². The highest BCUT2D eigenvalue weighted by molar-refractivity contribution is 5.63. The summed E-state index contributed by atoms with van der Waals surface area (Å²) in [4.78, 5) is 4.20. The molecule has 0 unspecified atom stereocenters. The second-order valence-electron chi connectivity index (χ2n) is 4.68. The molecule has 0 spiro atoms. The molecule has 1 aromatic carbocycles. The summed E-state index contributed by atoms with van der Waals surface area (Å²) in [6, 6.07) is 9.17. The second-order valence-corrected chi connectivity index (χ2v) is 4.68. The maximum absolute atomic E-state index is 14.1. The van der Waals surface area contributed by atoms with Crippen molar-refractivity contribution >= 4 is 0 Å². The lowest BCUT2D eigenvalue weighted by atomic mass is 10.0. The van der Waals surface area contributed by atoms with Gasteiger partial charge in [0.25, 0.3) is 0 Å². The maximum Gasteiger partial charge on any atom is 0.131 e. The van der Waals surface area contributed by atoms with Crippen molar-refractivity contribution in [2.45, 2.75) is 26.8 Å². The van der Waals surface area contributed by atoms with Gasteiger partial charge in [-0.2, -0.15) is 0 Å². The Kier molecular flexibility index (Phi) is 4.63. The smallest absolute Gasteiger partial charge is 0.131 e. The molecule has 2 nitrogen and oxygen atoms in total. The minimum Gasteiger partial charge on any atom is -0.313 e. The van der Waals surface area contributed by atoms with Crippen molar-refractivity contribution in [2.24, 2.45) is 0 Å². The molecule has 0 amide bonds. The molecule has 0 bridgehead atoms. The van der Waals surface area contributed by atoms with Crippen LogP contribution in [0.5, 0.6) is 0 Å². The summed E-state index contributed by atoms with van der Waals surface area (Å²) in [5.41, 5.74) is 3.32. The quantitative estimate of drug-likeness (QED) is 0.827. The number of aryl methyl sites for hydroxylation is 1. The summed E-state index contributed by atoms with van der Waals surface area (Å²) in [6.07, 6.45) is 2.79. The van der Waals surface area contributed by atoms with Crippen LogP contribution in [-0.2, 0) is 6.54 Å². The van der Waals surface area contributed by atoms with E-state index in [0.717, 1.165) is 29.8 Å². The highest BCUT2D eigenvalue weighted by atomic mass is 19.1. The van der Waals surface area contributed by atoms with Gasteiger partial charge in [0.15, 0.2) is 0 Å². The van der Waals surface area contributed by atoms with Crippen LogP contribution in [-0.4, -0.2) is 11.5 Å². The van der Waals surface area contributed by atoms with Crippen LogP contribution >= 0.6 is 0 Å². The van der Waals surface area contributed by atoms with Crippen molar-refractivity contribution in [1.29, 1.82) is 0 Å². The summed E-state index contributed by atoms with van der Waals surface area (Å²) in [5.74, 6) is -0.193. The van der Waals surface area contributed by atoms with E-state index in [0.29, 0.717) is 12.1 Å². The average molecular weight is 258 g/mol. The SMILES string of the molecule is CCCNCc1ccc(-c2ccc(C)nc2)c(F)c1. The zero-order valence-corrected chi connectivity index (χ0v) is 11.4. The third-order valence-electron chi connectivity index (χ3n) is 3.01. The van der Waals surface area contributed by atoms with Gasteiger partial charge in [0.1, 0.15) is 5.82 Å². The van der Waals surface area contributed by atoms with Crippen LogP contribution in [0, 0.1) is 12.7 Å². The van der Waals surface area contributed by atoms with Gasteiger partial charge in [-0.1, -0.05) is 25.1 Å².